The SMILES string of the molecule is Cc1ccc(-c2[nH][nH]c(=O)c2CCC(=O)O)cc1. The number of aromatic amines is 2. The van der Waals surface area contributed by atoms with Crippen LogP contribution in [0.5, 0.6) is 0 Å². The number of carbonyl (C=O) groups is 1. The van der Waals surface area contributed by atoms with Crippen LogP contribution < -0.4 is 5.56 Å². The fourth-order valence-corrected chi connectivity index (χ4v) is 1.82. The minimum absolute atomic E-state index is 0.0558. The molecule has 0 radical (unpaired) electrons. The predicted octanol–water partition coefficient (Wildman–Crippen LogP) is 1.70. The third kappa shape index (κ3) is 2.51. The summed E-state index contributed by atoms with van der Waals surface area (Å²) in [5.41, 5.74) is 2.90. The van der Waals surface area contributed by atoms with Crippen LogP contribution in [0.25, 0.3) is 11.3 Å². The molecule has 5 nitrogen and oxygen atoms in total. The summed E-state index contributed by atoms with van der Waals surface area (Å²) < 4.78 is 0. The number of carboxylic acids is 1. The van der Waals surface area contributed by atoms with E-state index in [0.717, 1.165) is 11.1 Å². The Bertz CT molecular complexity index is 608. The number of hydrogen-bond acceptors (Lipinski definition) is 2. The number of rotatable bonds is 4. The number of aliphatic carboxylic acids is 1. The molecule has 1 heterocycles. The summed E-state index contributed by atoms with van der Waals surface area (Å²) in [5, 5.41) is 14.0. The molecule has 2 rings (SSSR count). The van der Waals surface area contributed by atoms with Crippen molar-refractivity contribution in [2.45, 2.75) is 19.8 Å². The van der Waals surface area contributed by atoms with Gasteiger partial charge in [-0.05, 0) is 18.9 Å². The molecule has 0 fully saturated rings. The van der Waals surface area contributed by atoms with Gasteiger partial charge in [-0.15, -0.1) is 0 Å². The zero-order chi connectivity index (χ0) is 13.1. The van der Waals surface area contributed by atoms with E-state index in [1.165, 1.54) is 0 Å². The summed E-state index contributed by atoms with van der Waals surface area (Å²) in [5.74, 6) is -0.912. The summed E-state index contributed by atoms with van der Waals surface area (Å²) in [6, 6.07) is 7.70. The lowest BCUT2D eigenvalue weighted by molar-refractivity contribution is -0.136. The molecule has 5 heteroatoms. The van der Waals surface area contributed by atoms with Crippen LogP contribution in [0.3, 0.4) is 0 Å². The number of aryl methyl sites for hydroxylation is 1. The van der Waals surface area contributed by atoms with Gasteiger partial charge in [0, 0.05) is 12.0 Å². The number of H-pyrrole nitrogens is 2. The van der Waals surface area contributed by atoms with E-state index in [2.05, 4.69) is 10.2 Å². The van der Waals surface area contributed by atoms with E-state index >= 15 is 0 Å². The Hall–Kier alpha value is -2.30. The lowest BCUT2D eigenvalue weighted by atomic mass is 10.0. The molecule has 3 N–H and O–H groups in total. The van der Waals surface area contributed by atoms with Crippen LogP contribution in [0.1, 0.15) is 17.5 Å². The number of nitrogens with one attached hydrogen (secondary N) is 2. The van der Waals surface area contributed by atoms with Gasteiger partial charge in [0.05, 0.1) is 5.69 Å². The quantitative estimate of drug-likeness (QED) is 0.767. The van der Waals surface area contributed by atoms with Crippen molar-refractivity contribution in [2.24, 2.45) is 0 Å². The van der Waals surface area contributed by atoms with E-state index in [9.17, 15) is 9.59 Å². The molecule has 0 atom stereocenters. The Morgan fingerprint density at radius 1 is 1.22 bits per heavy atom. The summed E-state index contributed by atoms with van der Waals surface area (Å²) in [4.78, 5) is 22.2. The molecular weight excluding hydrogens is 232 g/mol. The van der Waals surface area contributed by atoms with Crippen molar-refractivity contribution >= 4 is 5.97 Å². The van der Waals surface area contributed by atoms with Crippen molar-refractivity contribution in [3.05, 3.63) is 45.7 Å². The van der Waals surface area contributed by atoms with Crippen LogP contribution in [0.2, 0.25) is 0 Å². The highest BCUT2D eigenvalue weighted by molar-refractivity contribution is 5.68. The van der Waals surface area contributed by atoms with E-state index in [-0.39, 0.29) is 18.4 Å². The molecule has 0 spiro atoms. The third-order valence-corrected chi connectivity index (χ3v) is 2.81. The van der Waals surface area contributed by atoms with Gasteiger partial charge in [0.2, 0.25) is 0 Å². The van der Waals surface area contributed by atoms with Gasteiger partial charge in [-0.3, -0.25) is 19.8 Å². The lowest BCUT2D eigenvalue weighted by Crippen LogP contribution is -2.08. The molecule has 0 aliphatic rings. The van der Waals surface area contributed by atoms with E-state index in [4.69, 9.17) is 5.11 Å². The van der Waals surface area contributed by atoms with Crippen LogP contribution in [0, 0.1) is 6.92 Å². The molecule has 0 aliphatic heterocycles. The molecule has 0 unspecified atom stereocenters. The molecule has 0 bridgehead atoms. The van der Waals surface area contributed by atoms with Gasteiger partial charge < -0.3 is 5.11 Å². The molecular formula is C13H14N2O3. The maximum absolute atomic E-state index is 11.6. The average molecular weight is 246 g/mol. The first-order valence-corrected chi connectivity index (χ1v) is 5.66. The predicted molar refractivity (Wildman–Crippen MR) is 67.5 cm³/mol. The summed E-state index contributed by atoms with van der Waals surface area (Å²) in [7, 11) is 0. The van der Waals surface area contributed by atoms with Crippen molar-refractivity contribution in [2.75, 3.05) is 0 Å². The molecule has 1 aromatic carbocycles. The molecule has 0 aliphatic carbocycles. The zero-order valence-electron chi connectivity index (χ0n) is 9.99. The van der Waals surface area contributed by atoms with Crippen molar-refractivity contribution in [3.63, 3.8) is 0 Å². The van der Waals surface area contributed by atoms with Crippen molar-refractivity contribution < 1.29 is 9.90 Å². The number of hydrogen-bond donors (Lipinski definition) is 3. The van der Waals surface area contributed by atoms with Gasteiger partial charge in [0.25, 0.3) is 5.56 Å². The monoisotopic (exact) mass is 246 g/mol. The van der Waals surface area contributed by atoms with E-state index in [1.807, 2.05) is 31.2 Å². The lowest BCUT2D eigenvalue weighted by Gasteiger charge is -2.02. The largest absolute Gasteiger partial charge is 0.481 e. The van der Waals surface area contributed by atoms with Gasteiger partial charge in [0.1, 0.15) is 0 Å². The van der Waals surface area contributed by atoms with Crippen LogP contribution in [-0.2, 0) is 11.2 Å². The fraction of sp³-hybridized carbons (Fsp3) is 0.231. The second kappa shape index (κ2) is 4.91. The van der Waals surface area contributed by atoms with E-state index in [0.29, 0.717) is 11.3 Å². The zero-order valence-corrected chi connectivity index (χ0v) is 9.99. The molecule has 2 aromatic rings. The number of benzene rings is 1. The topological polar surface area (TPSA) is 86.0 Å². The van der Waals surface area contributed by atoms with Gasteiger partial charge in [-0.25, -0.2) is 0 Å². The summed E-state index contributed by atoms with van der Waals surface area (Å²) >= 11 is 0. The molecule has 18 heavy (non-hydrogen) atoms. The molecule has 0 saturated heterocycles. The Labute approximate surface area is 103 Å². The first-order chi connectivity index (χ1) is 8.58. The third-order valence-electron chi connectivity index (χ3n) is 2.81. The average Bonchev–Trinajstić information content (AvgIpc) is 2.69. The Balaban J connectivity index is 2.36. The smallest absolute Gasteiger partial charge is 0.303 e. The van der Waals surface area contributed by atoms with Crippen molar-refractivity contribution in [1.29, 1.82) is 0 Å². The van der Waals surface area contributed by atoms with Gasteiger partial charge in [-0.1, -0.05) is 29.8 Å². The standard InChI is InChI=1S/C13H14N2O3/c1-8-2-4-9(5-3-8)12-10(6-7-11(16)17)13(18)15-14-12/h2-5H,6-7H2,1H3,(H,16,17)(H2,14,15,18). The van der Waals surface area contributed by atoms with Crippen LogP contribution in [-0.4, -0.2) is 21.3 Å². The minimum Gasteiger partial charge on any atom is -0.481 e. The maximum atomic E-state index is 11.6. The normalized spacial score (nSPS) is 10.5. The van der Waals surface area contributed by atoms with E-state index in [1.54, 1.807) is 0 Å². The second-order valence-corrected chi connectivity index (χ2v) is 4.19. The highest BCUT2D eigenvalue weighted by atomic mass is 16.4. The van der Waals surface area contributed by atoms with E-state index < -0.39 is 5.97 Å². The Kier molecular flexibility index (Phi) is 3.32. The van der Waals surface area contributed by atoms with Crippen LogP contribution in [0.4, 0.5) is 0 Å². The minimum atomic E-state index is -0.912. The van der Waals surface area contributed by atoms with Crippen molar-refractivity contribution in [3.8, 4) is 11.3 Å². The van der Waals surface area contributed by atoms with Gasteiger partial charge in [0.15, 0.2) is 0 Å². The summed E-state index contributed by atoms with van der Waals surface area (Å²) in [6.07, 6.45) is 0.164. The fourth-order valence-electron chi connectivity index (χ4n) is 1.82. The molecule has 94 valence electrons. The highest BCUT2D eigenvalue weighted by Gasteiger charge is 2.12. The Morgan fingerprint density at radius 3 is 2.50 bits per heavy atom. The molecule has 0 saturated carbocycles. The second-order valence-electron chi connectivity index (χ2n) is 4.19. The first kappa shape index (κ1) is 12.2. The summed E-state index contributed by atoms with van der Waals surface area (Å²) in [6.45, 7) is 1.98. The number of aromatic nitrogens is 2. The van der Waals surface area contributed by atoms with Crippen molar-refractivity contribution in [1.82, 2.24) is 10.2 Å². The molecule has 1 aromatic heterocycles. The van der Waals surface area contributed by atoms with Gasteiger partial charge in [-0.2, -0.15) is 0 Å². The molecule has 0 amide bonds. The van der Waals surface area contributed by atoms with Crippen LogP contribution in [0.15, 0.2) is 29.1 Å². The highest BCUT2D eigenvalue weighted by Crippen LogP contribution is 2.20. The first-order valence-electron chi connectivity index (χ1n) is 5.66. The van der Waals surface area contributed by atoms with Gasteiger partial charge >= 0.3 is 5.97 Å². The Morgan fingerprint density at radius 2 is 1.89 bits per heavy atom. The van der Waals surface area contributed by atoms with Crippen LogP contribution >= 0.6 is 0 Å². The number of carboxylic acid groups (broad SMARTS) is 1. The maximum Gasteiger partial charge on any atom is 0.303 e.